The Hall–Kier alpha value is -4.93. The Bertz CT molecular complexity index is 2200. The van der Waals surface area contributed by atoms with Gasteiger partial charge in [-0.3, -0.25) is 14.4 Å². The predicted octanol–water partition coefficient (Wildman–Crippen LogP) is 9.80. The molecule has 0 saturated heterocycles. The van der Waals surface area contributed by atoms with Gasteiger partial charge in [-0.25, -0.2) is 4.98 Å². The molecule has 1 atom stereocenters. The van der Waals surface area contributed by atoms with Crippen molar-refractivity contribution in [1.82, 2.24) is 10.3 Å². The zero-order chi connectivity index (χ0) is 34.3. The van der Waals surface area contributed by atoms with Crippen LogP contribution in [-0.4, -0.2) is 28.0 Å². The minimum Gasteiger partial charge on any atom is -0.321 e. The number of thioether (sulfide) groups is 1. The van der Waals surface area contributed by atoms with Gasteiger partial charge in [0, 0.05) is 27.1 Å². The summed E-state index contributed by atoms with van der Waals surface area (Å²) in [5.41, 5.74) is 3.05. The zero-order valence-corrected chi connectivity index (χ0v) is 29.1. The molecule has 0 aliphatic carbocycles. The summed E-state index contributed by atoms with van der Waals surface area (Å²) < 4.78 is 0. The van der Waals surface area contributed by atoms with Crippen LogP contribution in [0.2, 0.25) is 10.0 Å². The number of nitrogens with zero attached hydrogens (tertiary/aromatic N) is 1. The molecule has 11 heteroatoms. The van der Waals surface area contributed by atoms with E-state index >= 15 is 0 Å². The molecule has 3 N–H and O–H groups in total. The number of anilines is 2. The summed E-state index contributed by atoms with van der Waals surface area (Å²) >= 11 is 15.3. The fourth-order valence-electron chi connectivity index (χ4n) is 4.85. The molecule has 1 aromatic heterocycles. The van der Waals surface area contributed by atoms with E-state index in [-0.39, 0.29) is 16.6 Å². The molecule has 49 heavy (non-hydrogen) atoms. The van der Waals surface area contributed by atoms with Crippen LogP contribution in [0.25, 0.3) is 28.1 Å². The number of thiazole rings is 1. The molecule has 0 spiro atoms. The first-order valence-corrected chi connectivity index (χ1v) is 17.6. The van der Waals surface area contributed by atoms with Gasteiger partial charge >= 0.3 is 0 Å². The number of nitrogens with one attached hydrogen (secondary N) is 3. The van der Waals surface area contributed by atoms with E-state index < -0.39 is 17.1 Å². The molecule has 0 aliphatic rings. The number of benzene rings is 5. The van der Waals surface area contributed by atoms with E-state index in [1.807, 2.05) is 29.6 Å². The van der Waals surface area contributed by atoms with Gasteiger partial charge in [-0.05, 0) is 71.8 Å². The molecule has 6 rings (SSSR count). The predicted molar refractivity (Wildman–Crippen MR) is 202 cm³/mol. The van der Waals surface area contributed by atoms with Crippen molar-refractivity contribution in [1.29, 1.82) is 0 Å². The van der Waals surface area contributed by atoms with E-state index in [1.54, 1.807) is 73.7 Å². The van der Waals surface area contributed by atoms with E-state index in [4.69, 9.17) is 23.2 Å². The summed E-state index contributed by atoms with van der Waals surface area (Å²) in [6, 6.07) is 35.0. The maximum atomic E-state index is 13.5. The maximum Gasteiger partial charge on any atom is 0.272 e. The lowest BCUT2D eigenvalue weighted by atomic mass is 10.1. The third-order valence-electron chi connectivity index (χ3n) is 7.36. The minimum absolute atomic E-state index is 0.0321. The van der Waals surface area contributed by atoms with Crippen LogP contribution in [-0.2, 0) is 9.59 Å². The molecular formula is C38H28Cl2N4O3S2. The number of hydrogen-bond donors (Lipinski definition) is 3. The molecule has 0 bridgehead atoms. The molecule has 1 heterocycles. The number of rotatable bonds is 10. The van der Waals surface area contributed by atoms with Crippen LogP contribution in [0, 0.1) is 0 Å². The number of hydrogen-bond acceptors (Lipinski definition) is 6. The quantitative estimate of drug-likeness (QED) is 0.0966. The van der Waals surface area contributed by atoms with Crippen LogP contribution < -0.4 is 16.0 Å². The van der Waals surface area contributed by atoms with Crippen LogP contribution in [0.15, 0.2) is 131 Å². The Kier molecular flexibility index (Phi) is 10.8. The van der Waals surface area contributed by atoms with E-state index in [1.165, 1.54) is 29.2 Å². The highest BCUT2D eigenvalue weighted by Crippen LogP contribution is 2.31. The molecule has 1 unspecified atom stereocenters. The van der Waals surface area contributed by atoms with Gasteiger partial charge in [-0.2, -0.15) is 0 Å². The second-order valence-electron chi connectivity index (χ2n) is 10.9. The van der Waals surface area contributed by atoms with Crippen molar-refractivity contribution in [3.63, 3.8) is 0 Å². The average molecular weight is 724 g/mol. The number of carbonyl (C=O) groups excluding carboxylic acids is 3. The third-order valence-corrected chi connectivity index (χ3v) is 10.0. The molecular weight excluding hydrogens is 695 g/mol. The lowest BCUT2D eigenvalue weighted by Gasteiger charge is -2.14. The summed E-state index contributed by atoms with van der Waals surface area (Å²) in [4.78, 5) is 45.1. The first-order valence-electron chi connectivity index (χ1n) is 15.1. The Morgan fingerprint density at radius 1 is 0.816 bits per heavy atom. The SMILES string of the molecule is CC(Sc1cccc(NC(=O)/C(=C\c2cccc(Cl)c2Cl)NC(=O)c2ccccc2)c1)C(=O)Nc1nc(-c2ccc3ccccc3c2)cs1. The summed E-state index contributed by atoms with van der Waals surface area (Å²) in [7, 11) is 0. The van der Waals surface area contributed by atoms with E-state index in [0.29, 0.717) is 27.0 Å². The fraction of sp³-hybridized carbons (Fsp3) is 0.0526. The van der Waals surface area contributed by atoms with Crippen LogP contribution >= 0.6 is 46.3 Å². The van der Waals surface area contributed by atoms with Gasteiger partial charge in [0.2, 0.25) is 5.91 Å². The van der Waals surface area contributed by atoms with Crippen molar-refractivity contribution in [3.05, 3.63) is 148 Å². The van der Waals surface area contributed by atoms with Gasteiger partial charge in [0.1, 0.15) is 5.70 Å². The van der Waals surface area contributed by atoms with Crippen molar-refractivity contribution in [2.24, 2.45) is 0 Å². The van der Waals surface area contributed by atoms with Gasteiger partial charge in [0.05, 0.1) is 21.0 Å². The van der Waals surface area contributed by atoms with Crippen molar-refractivity contribution < 1.29 is 14.4 Å². The number of aromatic nitrogens is 1. The average Bonchev–Trinajstić information content (AvgIpc) is 3.58. The molecule has 244 valence electrons. The van der Waals surface area contributed by atoms with E-state index in [0.717, 1.165) is 26.9 Å². The summed E-state index contributed by atoms with van der Waals surface area (Å²) in [5.74, 6) is -1.24. The van der Waals surface area contributed by atoms with Crippen LogP contribution in [0.1, 0.15) is 22.8 Å². The summed E-state index contributed by atoms with van der Waals surface area (Å²) in [6.07, 6.45) is 1.47. The molecule has 0 fully saturated rings. The Labute approximate surface area is 301 Å². The van der Waals surface area contributed by atoms with Gasteiger partial charge in [0.15, 0.2) is 5.13 Å². The van der Waals surface area contributed by atoms with E-state index in [9.17, 15) is 14.4 Å². The first kappa shape index (κ1) is 34.0. The number of halogens is 2. The maximum absolute atomic E-state index is 13.5. The minimum atomic E-state index is -0.570. The second-order valence-corrected chi connectivity index (χ2v) is 13.9. The van der Waals surface area contributed by atoms with Crippen LogP contribution in [0.3, 0.4) is 0 Å². The standard InChI is InChI=1S/C38H28Cl2N4O3S2/c1-23(35(45)44-38-43-33(22-48-38)27-18-17-24-9-5-6-12-26(24)19-27)49-30-15-8-14-29(21-30)41-37(47)32(20-28-13-7-16-31(39)34(28)40)42-36(46)25-10-3-2-4-11-25/h2-23H,1H3,(H,41,47)(H,42,46)(H,43,44,45)/b32-20+. The first-order chi connectivity index (χ1) is 23.7. The fourth-order valence-corrected chi connectivity index (χ4v) is 6.86. The van der Waals surface area contributed by atoms with Gasteiger partial charge in [0.25, 0.3) is 11.8 Å². The molecule has 3 amide bonds. The molecule has 5 aromatic carbocycles. The molecule has 7 nitrogen and oxygen atoms in total. The molecule has 0 radical (unpaired) electrons. The van der Waals surface area contributed by atoms with Gasteiger partial charge in [-0.1, -0.05) is 96.0 Å². The molecule has 0 saturated carbocycles. The lowest BCUT2D eigenvalue weighted by molar-refractivity contribution is -0.115. The van der Waals surface area contributed by atoms with Crippen molar-refractivity contribution in [2.75, 3.05) is 10.6 Å². The number of carbonyl (C=O) groups is 3. The van der Waals surface area contributed by atoms with Crippen LogP contribution in [0.4, 0.5) is 10.8 Å². The summed E-state index contributed by atoms with van der Waals surface area (Å²) in [6.45, 7) is 1.80. The largest absolute Gasteiger partial charge is 0.321 e. The van der Waals surface area contributed by atoms with E-state index in [2.05, 4.69) is 45.2 Å². The second kappa shape index (κ2) is 15.5. The highest BCUT2D eigenvalue weighted by molar-refractivity contribution is 8.00. The monoisotopic (exact) mass is 722 g/mol. The third kappa shape index (κ3) is 8.57. The van der Waals surface area contributed by atoms with Crippen molar-refractivity contribution in [2.45, 2.75) is 17.1 Å². The zero-order valence-electron chi connectivity index (χ0n) is 25.9. The topological polar surface area (TPSA) is 100 Å². The van der Waals surface area contributed by atoms with Crippen molar-refractivity contribution in [3.8, 4) is 11.3 Å². The van der Waals surface area contributed by atoms with Gasteiger partial charge in [-0.15, -0.1) is 23.1 Å². The van der Waals surface area contributed by atoms with Crippen LogP contribution in [0.5, 0.6) is 0 Å². The highest BCUT2D eigenvalue weighted by atomic mass is 35.5. The summed E-state index contributed by atoms with van der Waals surface area (Å²) in [5, 5.41) is 13.3. The Morgan fingerprint density at radius 2 is 1.57 bits per heavy atom. The Morgan fingerprint density at radius 3 is 2.39 bits per heavy atom. The number of amides is 3. The lowest BCUT2D eigenvalue weighted by Crippen LogP contribution is -2.30. The number of fused-ring (bicyclic) bond motifs is 1. The van der Waals surface area contributed by atoms with Crippen molar-refractivity contribution >= 4 is 91.7 Å². The van der Waals surface area contributed by atoms with Gasteiger partial charge < -0.3 is 16.0 Å². The molecule has 6 aromatic rings. The normalized spacial score (nSPS) is 11.9. The molecule has 0 aliphatic heterocycles. The Balaban J connectivity index is 1.12. The smallest absolute Gasteiger partial charge is 0.272 e. The highest BCUT2D eigenvalue weighted by Gasteiger charge is 2.19.